The highest BCUT2D eigenvalue weighted by molar-refractivity contribution is 9.10. The molecule has 0 radical (unpaired) electrons. The minimum Gasteiger partial charge on any atom is -0.481 e. The van der Waals surface area contributed by atoms with E-state index in [1.54, 1.807) is 0 Å². The van der Waals surface area contributed by atoms with Gasteiger partial charge in [0.2, 0.25) is 0 Å². The van der Waals surface area contributed by atoms with Gasteiger partial charge in [-0.05, 0) is 22.0 Å². The molecule has 1 aromatic carbocycles. The summed E-state index contributed by atoms with van der Waals surface area (Å²) < 4.78 is 13.6. The summed E-state index contributed by atoms with van der Waals surface area (Å²) in [5.41, 5.74) is 0.118. The predicted octanol–water partition coefficient (Wildman–Crippen LogP) is 3.43. The highest BCUT2D eigenvalue weighted by atomic mass is 79.9. The molecule has 0 aliphatic rings. The molecule has 0 fully saturated rings. The van der Waals surface area contributed by atoms with Gasteiger partial charge in [0.25, 0.3) is 0 Å². The lowest BCUT2D eigenvalue weighted by atomic mass is 10.2. The standard InChI is InChI=1S/C12H13BrClFN2O3/c1-6(11(18)19)5-17(2)12(20)16-10-4-9(15)7(13)3-8(10)14/h3-4,6H,5H2,1-2H3,(H,16,20)(H,18,19). The molecule has 1 rings (SSSR count). The Morgan fingerprint density at radius 1 is 1.55 bits per heavy atom. The first-order chi connectivity index (χ1) is 9.22. The van der Waals surface area contributed by atoms with Gasteiger partial charge >= 0.3 is 12.0 Å². The molecule has 2 N–H and O–H groups in total. The van der Waals surface area contributed by atoms with E-state index in [1.165, 1.54) is 24.9 Å². The molecule has 0 spiro atoms. The van der Waals surface area contributed by atoms with E-state index in [0.717, 1.165) is 6.07 Å². The van der Waals surface area contributed by atoms with E-state index in [1.807, 2.05) is 0 Å². The largest absolute Gasteiger partial charge is 0.481 e. The summed E-state index contributed by atoms with van der Waals surface area (Å²) in [6, 6.07) is 1.84. The van der Waals surface area contributed by atoms with Gasteiger partial charge in [-0.25, -0.2) is 9.18 Å². The molecule has 1 aromatic rings. The number of rotatable bonds is 4. The Balaban J connectivity index is 2.76. The third-order valence-electron chi connectivity index (χ3n) is 2.57. The van der Waals surface area contributed by atoms with E-state index >= 15 is 0 Å². The first-order valence-electron chi connectivity index (χ1n) is 5.61. The molecule has 8 heteroatoms. The van der Waals surface area contributed by atoms with Crippen molar-refractivity contribution in [3.05, 3.63) is 27.4 Å². The topological polar surface area (TPSA) is 69.6 Å². The third-order valence-corrected chi connectivity index (χ3v) is 3.49. The lowest BCUT2D eigenvalue weighted by Crippen LogP contribution is -2.36. The van der Waals surface area contributed by atoms with Crippen molar-refractivity contribution in [2.45, 2.75) is 6.92 Å². The number of benzene rings is 1. The maximum atomic E-state index is 13.4. The SMILES string of the molecule is CC(CN(C)C(=O)Nc1cc(F)c(Br)cc1Cl)C(=O)O. The first kappa shape index (κ1) is 16.7. The number of aliphatic carboxylic acids is 1. The van der Waals surface area contributed by atoms with Gasteiger partial charge in [0.05, 0.1) is 21.1 Å². The summed E-state index contributed by atoms with van der Waals surface area (Å²) in [5.74, 6) is -2.27. The Kier molecular flexibility index (Phi) is 5.76. The third kappa shape index (κ3) is 4.35. The average Bonchev–Trinajstić information content (AvgIpc) is 2.35. The number of carboxylic acids is 1. The van der Waals surface area contributed by atoms with Gasteiger partial charge in [-0.3, -0.25) is 4.79 Å². The number of nitrogens with zero attached hydrogens (tertiary/aromatic N) is 1. The van der Waals surface area contributed by atoms with Gasteiger partial charge in [-0.15, -0.1) is 0 Å². The maximum absolute atomic E-state index is 13.4. The molecule has 0 heterocycles. The highest BCUT2D eigenvalue weighted by Crippen LogP contribution is 2.28. The van der Waals surface area contributed by atoms with Crippen LogP contribution >= 0.6 is 27.5 Å². The number of hydrogen-bond donors (Lipinski definition) is 2. The molecule has 0 bridgehead atoms. The Bertz CT molecular complexity index is 542. The summed E-state index contributed by atoms with van der Waals surface area (Å²) in [4.78, 5) is 23.8. The van der Waals surface area contributed by atoms with E-state index in [2.05, 4.69) is 21.2 Å². The fourth-order valence-electron chi connectivity index (χ4n) is 1.40. The molecule has 0 aromatic heterocycles. The Hall–Kier alpha value is -1.34. The first-order valence-corrected chi connectivity index (χ1v) is 6.79. The van der Waals surface area contributed by atoms with Gasteiger partial charge in [0.1, 0.15) is 5.82 Å². The number of amides is 2. The van der Waals surface area contributed by atoms with Crippen LogP contribution in [-0.4, -0.2) is 35.6 Å². The van der Waals surface area contributed by atoms with E-state index in [-0.39, 0.29) is 21.7 Å². The number of anilines is 1. The van der Waals surface area contributed by atoms with E-state index in [4.69, 9.17) is 16.7 Å². The second-order valence-corrected chi connectivity index (χ2v) is 5.56. The second-order valence-electron chi connectivity index (χ2n) is 4.30. The Labute approximate surface area is 128 Å². The van der Waals surface area contributed by atoms with Crippen molar-refractivity contribution in [3.8, 4) is 0 Å². The number of urea groups is 1. The van der Waals surface area contributed by atoms with Gasteiger partial charge < -0.3 is 15.3 Å². The zero-order valence-corrected chi connectivity index (χ0v) is 13.1. The van der Waals surface area contributed by atoms with E-state index in [0.29, 0.717) is 0 Å². The molecule has 0 aliphatic carbocycles. The molecule has 0 aliphatic heterocycles. The van der Waals surface area contributed by atoms with E-state index < -0.39 is 23.7 Å². The fraction of sp³-hybridized carbons (Fsp3) is 0.333. The monoisotopic (exact) mass is 366 g/mol. The molecule has 20 heavy (non-hydrogen) atoms. The molecule has 0 saturated heterocycles. The van der Waals surface area contributed by atoms with Crippen molar-refractivity contribution in [1.29, 1.82) is 0 Å². The van der Waals surface area contributed by atoms with Crippen LogP contribution in [0.1, 0.15) is 6.92 Å². The summed E-state index contributed by atoms with van der Waals surface area (Å²) in [5, 5.41) is 11.4. The normalized spacial score (nSPS) is 11.8. The van der Waals surface area contributed by atoms with Gasteiger partial charge in [-0.1, -0.05) is 18.5 Å². The second kappa shape index (κ2) is 6.90. The molecule has 5 nitrogen and oxygen atoms in total. The van der Waals surface area contributed by atoms with Gasteiger partial charge in [-0.2, -0.15) is 0 Å². The Morgan fingerprint density at radius 2 is 2.15 bits per heavy atom. The zero-order valence-electron chi connectivity index (χ0n) is 10.8. The van der Waals surface area contributed by atoms with Gasteiger partial charge in [0, 0.05) is 19.7 Å². The number of nitrogens with one attached hydrogen (secondary N) is 1. The number of carbonyl (C=O) groups excluding carboxylic acids is 1. The van der Waals surface area contributed by atoms with Crippen molar-refractivity contribution in [3.63, 3.8) is 0 Å². The zero-order chi connectivity index (χ0) is 15.4. The van der Waals surface area contributed by atoms with Gasteiger partial charge in [0.15, 0.2) is 0 Å². The number of hydrogen-bond acceptors (Lipinski definition) is 2. The van der Waals surface area contributed by atoms with Crippen LogP contribution in [0.5, 0.6) is 0 Å². The fourth-order valence-corrected chi connectivity index (χ4v) is 2.09. The summed E-state index contributed by atoms with van der Waals surface area (Å²) >= 11 is 8.86. The van der Waals surface area contributed by atoms with Crippen molar-refractivity contribution in [2.24, 2.45) is 5.92 Å². The summed E-state index contributed by atoms with van der Waals surface area (Å²) in [7, 11) is 1.44. The number of carboxylic acid groups (broad SMARTS) is 1. The lowest BCUT2D eigenvalue weighted by molar-refractivity contribution is -0.141. The summed E-state index contributed by atoms with van der Waals surface area (Å²) in [6.07, 6.45) is 0. The smallest absolute Gasteiger partial charge is 0.321 e. The molecule has 1 atom stereocenters. The minimum absolute atomic E-state index is 0.0256. The van der Waals surface area contributed by atoms with Crippen LogP contribution in [0.3, 0.4) is 0 Å². The van der Waals surface area contributed by atoms with Crippen molar-refractivity contribution in [1.82, 2.24) is 4.90 Å². The molecule has 110 valence electrons. The van der Waals surface area contributed by atoms with Crippen LogP contribution in [0, 0.1) is 11.7 Å². The van der Waals surface area contributed by atoms with E-state index in [9.17, 15) is 14.0 Å². The van der Waals surface area contributed by atoms with Crippen LogP contribution < -0.4 is 5.32 Å². The maximum Gasteiger partial charge on any atom is 0.321 e. The van der Waals surface area contributed by atoms with Crippen LogP contribution in [-0.2, 0) is 4.79 Å². The molecule has 0 saturated carbocycles. The number of halogens is 3. The van der Waals surface area contributed by atoms with Crippen LogP contribution in [0.25, 0.3) is 0 Å². The molecule has 2 amide bonds. The van der Waals surface area contributed by atoms with Crippen molar-refractivity contribution >= 4 is 45.2 Å². The Morgan fingerprint density at radius 3 is 2.70 bits per heavy atom. The number of carbonyl (C=O) groups is 2. The summed E-state index contributed by atoms with van der Waals surface area (Å²) in [6.45, 7) is 1.51. The predicted molar refractivity (Wildman–Crippen MR) is 77.6 cm³/mol. The molecular formula is C12H13BrClFN2O3. The average molecular weight is 368 g/mol. The lowest BCUT2D eigenvalue weighted by Gasteiger charge is -2.20. The van der Waals surface area contributed by atoms with Crippen LogP contribution in [0.15, 0.2) is 16.6 Å². The van der Waals surface area contributed by atoms with Crippen LogP contribution in [0.2, 0.25) is 5.02 Å². The molecular weight excluding hydrogens is 354 g/mol. The minimum atomic E-state index is -1.00. The van der Waals surface area contributed by atoms with Crippen LogP contribution in [0.4, 0.5) is 14.9 Å². The molecule has 1 unspecified atom stereocenters. The highest BCUT2D eigenvalue weighted by Gasteiger charge is 2.18. The quantitative estimate of drug-likeness (QED) is 0.801. The van der Waals surface area contributed by atoms with Crippen molar-refractivity contribution in [2.75, 3.05) is 18.9 Å². The van der Waals surface area contributed by atoms with Crippen molar-refractivity contribution < 1.29 is 19.1 Å².